The summed E-state index contributed by atoms with van der Waals surface area (Å²) < 4.78 is 0. The van der Waals surface area contributed by atoms with E-state index in [1.54, 1.807) is 0 Å². The van der Waals surface area contributed by atoms with Gasteiger partial charge >= 0.3 is 6.03 Å². The van der Waals surface area contributed by atoms with Crippen molar-refractivity contribution in [2.75, 3.05) is 14.1 Å². The number of carbonyl (C=O) groups is 2. The Labute approximate surface area is 133 Å². The summed E-state index contributed by atoms with van der Waals surface area (Å²) in [5.41, 5.74) is 2.60. The molecule has 0 fully saturated rings. The van der Waals surface area contributed by atoms with Crippen LogP contribution >= 0.6 is 0 Å². The van der Waals surface area contributed by atoms with E-state index in [2.05, 4.69) is 55.7 Å². The predicted molar refractivity (Wildman–Crippen MR) is 87.8 cm³/mol. The van der Waals surface area contributed by atoms with Gasteiger partial charge in [0.05, 0.1) is 7.05 Å². The van der Waals surface area contributed by atoms with Gasteiger partial charge in [0.1, 0.15) is 6.54 Å². The smallest absolute Gasteiger partial charge is 0.321 e. The van der Waals surface area contributed by atoms with E-state index in [0.717, 1.165) is 11.4 Å². The molecule has 0 heterocycles. The van der Waals surface area contributed by atoms with E-state index in [4.69, 9.17) is 0 Å². The zero-order valence-electron chi connectivity index (χ0n) is 14.4. The maximum Gasteiger partial charge on any atom is 0.321 e. The fourth-order valence-electron chi connectivity index (χ4n) is 2.10. The molecule has 0 saturated carbocycles. The third-order valence-corrected chi connectivity index (χ3v) is 3.90. The van der Waals surface area contributed by atoms with Crippen molar-refractivity contribution in [3.05, 3.63) is 35.4 Å². The zero-order chi connectivity index (χ0) is 16.9. The maximum absolute atomic E-state index is 11.9. The number of likely N-dealkylation sites (N-methyl/N-ethyl adjacent to an activating group) is 1. The fourth-order valence-corrected chi connectivity index (χ4v) is 2.10. The van der Waals surface area contributed by atoms with Crippen LogP contribution in [0.25, 0.3) is 0 Å². The van der Waals surface area contributed by atoms with Crippen LogP contribution < -0.4 is 15.5 Å². The van der Waals surface area contributed by atoms with Gasteiger partial charge < -0.3 is 10.2 Å². The third-order valence-electron chi connectivity index (χ3n) is 3.90. The van der Waals surface area contributed by atoms with Gasteiger partial charge in [-0.2, -0.15) is 0 Å². The summed E-state index contributed by atoms with van der Waals surface area (Å²) in [6, 6.07) is 7.70. The van der Waals surface area contributed by atoms with Crippen molar-refractivity contribution < 1.29 is 14.5 Å². The molecule has 0 aliphatic heterocycles. The molecular weight excluding hydrogens is 278 g/mol. The number of carbonyl (C=O) groups excluding carboxylic acids is 2. The lowest BCUT2D eigenvalue weighted by molar-refractivity contribution is -0.908. The van der Waals surface area contributed by atoms with Gasteiger partial charge in [-0.15, -0.1) is 0 Å². The van der Waals surface area contributed by atoms with Crippen molar-refractivity contribution in [1.82, 2.24) is 10.6 Å². The van der Waals surface area contributed by atoms with Gasteiger partial charge in [0, 0.05) is 12.6 Å². The Kier molecular flexibility index (Phi) is 6.11. The van der Waals surface area contributed by atoms with E-state index in [-0.39, 0.29) is 17.4 Å². The average Bonchev–Trinajstić information content (AvgIpc) is 2.45. The van der Waals surface area contributed by atoms with Crippen molar-refractivity contribution in [3.8, 4) is 0 Å². The molecule has 1 rings (SSSR count). The van der Waals surface area contributed by atoms with E-state index in [1.165, 1.54) is 18.2 Å². The van der Waals surface area contributed by atoms with Gasteiger partial charge in [-0.25, -0.2) is 4.79 Å². The Morgan fingerprint density at radius 1 is 1.18 bits per heavy atom. The molecule has 3 amide bonds. The van der Waals surface area contributed by atoms with Crippen LogP contribution in [0.5, 0.6) is 0 Å². The largest absolute Gasteiger partial charge is 0.341 e. The number of benzene rings is 1. The number of quaternary nitrogens is 1. The van der Waals surface area contributed by atoms with Crippen LogP contribution in [-0.4, -0.2) is 32.1 Å². The number of hydrogen-bond acceptors (Lipinski definition) is 2. The van der Waals surface area contributed by atoms with E-state index in [0.29, 0.717) is 0 Å². The van der Waals surface area contributed by atoms with Crippen molar-refractivity contribution in [1.29, 1.82) is 0 Å². The van der Waals surface area contributed by atoms with E-state index in [1.807, 2.05) is 14.0 Å². The molecule has 1 aromatic rings. The molecule has 122 valence electrons. The Morgan fingerprint density at radius 3 is 2.18 bits per heavy atom. The molecule has 0 saturated heterocycles. The van der Waals surface area contributed by atoms with Gasteiger partial charge in [-0.1, -0.05) is 45.0 Å². The number of amides is 3. The summed E-state index contributed by atoms with van der Waals surface area (Å²) >= 11 is 0. The minimum absolute atomic E-state index is 0.137. The van der Waals surface area contributed by atoms with Crippen LogP contribution in [-0.2, 0) is 16.8 Å². The number of urea groups is 1. The highest BCUT2D eigenvalue weighted by Crippen LogP contribution is 2.21. The Balaban J connectivity index is 2.66. The molecule has 5 heteroatoms. The second kappa shape index (κ2) is 7.40. The van der Waals surface area contributed by atoms with E-state index >= 15 is 0 Å². The van der Waals surface area contributed by atoms with Crippen molar-refractivity contribution in [2.24, 2.45) is 0 Å². The first kappa shape index (κ1) is 18.2. The van der Waals surface area contributed by atoms with Gasteiger partial charge in [0.2, 0.25) is 0 Å². The second-order valence-corrected chi connectivity index (χ2v) is 6.76. The number of imide groups is 1. The van der Waals surface area contributed by atoms with Gasteiger partial charge in [0.25, 0.3) is 5.91 Å². The molecule has 0 aromatic heterocycles. The third kappa shape index (κ3) is 5.15. The summed E-state index contributed by atoms with van der Waals surface area (Å²) in [4.78, 5) is 24.2. The molecular formula is C17H28N3O2+. The first-order valence-electron chi connectivity index (χ1n) is 7.59. The molecule has 22 heavy (non-hydrogen) atoms. The number of hydrogen-bond donors (Lipinski definition) is 3. The summed E-state index contributed by atoms with van der Waals surface area (Å²) in [5.74, 6) is -0.275. The molecule has 5 nitrogen and oxygen atoms in total. The van der Waals surface area contributed by atoms with E-state index < -0.39 is 6.03 Å². The highest BCUT2D eigenvalue weighted by Gasteiger charge is 2.23. The average molecular weight is 306 g/mol. The minimum Gasteiger partial charge on any atom is -0.341 e. The second-order valence-electron chi connectivity index (χ2n) is 6.76. The maximum atomic E-state index is 11.9. The molecule has 0 radical (unpaired) electrons. The highest BCUT2D eigenvalue weighted by molar-refractivity contribution is 5.96. The SMILES string of the molecule is CNC(=O)NC(=O)[C@H](C)[NH+](C)Cc1ccc(C(C)(C)C)cc1. The number of rotatable bonds is 4. The molecule has 0 bridgehead atoms. The van der Waals surface area contributed by atoms with Crippen LogP contribution in [0.1, 0.15) is 38.8 Å². The predicted octanol–water partition coefficient (Wildman–Crippen LogP) is 0.843. The van der Waals surface area contributed by atoms with Crippen LogP contribution in [0.2, 0.25) is 0 Å². The molecule has 0 spiro atoms. The minimum atomic E-state index is -0.473. The lowest BCUT2D eigenvalue weighted by Crippen LogP contribution is -3.12. The first-order valence-corrected chi connectivity index (χ1v) is 7.59. The normalized spacial score (nSPS) is 14.1. The van der Waals surface area contributed by atoms with Crippen molar-refractivity contribution >= 4 is 11.9 Å². The summed E-state index contributed by atoms with van der Waals surface area (Å²) in [7, 11) is 3.44. The monoisotopic (exact) mass is 306 g/mol. The zero-order valence-corrected chi connectivity index (χ0v) is 14.4. The molecule has 0 aliphatic rings. The Hall–Kier alpha value is -1.88. The van der Waals surface area contributed by atoms with E-state index in [9.17, 15) is 9.59 Å². The fraction of sp³-hybridized carbons (Fsp3) is 0.529. The van der Waals surface area contributed by atoms with Crippen LogP contribution in [0.3, 0.4) is 0 Å². The molecule has 1 unspecified atom stereocenters. The lowest BCUT2D eigenvalue weighted by Gasteiger charge is -2.22. The van der Waals surface area contributed by atoms with Gasteiger partial charge in [-0.3, -0.25) is 10.1 Å². The quantitative estimate of drug-likeness (QED) is 0.772. The van der Waals surface area contributed by atoms with Crippen molar-refractivity contribution in [2.45, 2.75) is 45.7 Å². The topological polar surface area (TPSA) is 62.6 Å². The van der Waals surface area contributed by atoms with Crippen LogP contribution in [0.15, 0.2) is 24.3 Å². The summed E-state index contributed by atoms with van der Waals surface area (Å²) in [6.07, 6.45) is 0. The number of nitrogens with one attached hydrogen (secondary N) is 3. The lowest BCUT2D eigenvalue weighted by atomic mass is 9.87. The van der Waals surface area contributed by atoms with Crippen LogP contribution in [0.4, 0.5) is 4.79 Å². The summed E-state index contributed by atoms with van der Waals surface area (Å²) in [6.45, 7) is 9.10. The highest BCUT2D eigenvalue weighted by atomic mass is 16.2. The Morgan fingerprint density at radius 2 is 1.73 bits per heavy atom. The first-order chi connectivity index (χ1) is 10.1. The molecule has 2 atom stereocenters. The van der Waals surface area contributed by atoms with Gasteiger partial charge in [0.15, 0.2) is 6.04 Å². The molecule has 0 aliphatic carbocycles. The van der Waals surface area contributed by atoms with Crippen molar-refractivity contribution in [3.63, 3.8) is 0 Å². The van der Waals surface area contributed by atoms with Gasteiger partial charge in [-0.05, 0) is 17.9 Å². The standard InChI is InChI=1S/C17H27N3O2/c1-12(15(21)19-16(22)18-5)20(6)11-13-7-9-14(10-8-13)17(2,3)4/h7-10,12H,11H2,1-6H3,(H2,18,19,21,22)/p+1/t12-/m0/s1. The molecule has 1 aromatic carbocycles. The summed E-state index contributed by atoms with van der Waals surface area (Å²) in [5, 5.41) is 4.69. The Bertz CT molecular complexity index is 518. The molecule has 3 N–H and O–H groups in total. The van der Waals surface area contributed by atoms with Crippen LogP contribution in [0, 0.1) is 0 Å².